The zero-order valence-electron chi connectivity index (χ0n) is 11.8. The van der Waals surface area contributed by atoms with Crippen molar-refractivity contribution < 1.29 is 8.42 Å². The van der Waals surface area contributed by atoms with Gasteiger partial charge in [0, 0.05) is 12.6 Å². The normalized spacial score (nSPS) is 20.8. The van der Waals surface area contributed by atoms with Gasteiger partial charge in [-0.05, 0) is 73.8 Å². The molecule has 0 aromatic carbocycles. The Hall–Kier alpha value is 0.0500. The lowest BCUT2D eigenvalue weighted by Gasteiger charge is -2.31. The zero-order valence-corrected chi connectivity index (χ0v) is 15.0. The van der Waals surface area contributed by atoms with Crippen LogP contribution in [0.1, 0.15) is 26.7 Å². The van der Waals surface area contributed by atoms with Gasteiger partial charge in [-0.3, -0.25) is 0 Å². The molecule has 114 valence electrons. The van der Waals surface area contributed by atoms with E-state index in [4.69, 9.17) is 0 Å². The molecule has 1 N–H and O–H groups in total. The summed E-state index contributed by atoms with van der Waals surface area (Å²) in [6.45, 7) is 6.44. The summed E-state index contributed by atoms with van der Waals surface area (Å²) in [6.07, 6.45) is 2.22. The lowest BCUT2D eigenvalue weighted by Crippen LogP contribution is -2.43. The lowest BCUT2D eigenvalue weighted by molar-refractivity contribution is 0.264. The van der Waals surface area contributed by atoms with Crippen LogP contribution in [0.5, 0.6) is 0 Å². The first kappa shape index (κ1) is 16.4. The Kier molecular flexibility index (Phi) is 5.64. The van der Waals surface area contributed by atoms with Gasteiger partial charge in [-0.2, -0.15) is 4.31 Å². The third kappa shape index (κ3) is 3.82. The third-order valence-electron chi connectivity index (χ3n) is 3.52. The van der Waals surface area contributed by atoms with Crippen molar-refractivity contribution in [3.05, 3.63) is 15.9 Å². The predicted molar refractivity (Wildman–Crippen MR) is 86.6 cm³/mol. The monoisotopic (exact) mass is 380 g/mol. The lowest BCUT2D eigenvalue weighted by atomic mass is 9.99. The predicted octanol–water partition coefficient (Wildman–Crippen LogP) is 2.91. The average Bonchev–Trinajstić information content (AvgIpc) is 2.84. The Morgan fingerprint density at radius 3 is 2.75 bits per heavy atom. The van der Waals surface area contributed by atoms with E-state index in [0.29, 0.717) is 16.7 Å². The van der Waals surface area contributed by atoms with E-state index in [1.807, 2.05) is 13.8 Å². The quantitative estimate of drug-likeness (QED) is 0.853. The molecule has 0 spiro atoms. The van der Waals surface area contributed by atoms with Crippen molar-refractivity contribution in [3.8, 4) is 0 Å². The minimum Gasteiger partial charge on any atom is -0.316 e. The van der Waals surface area contributed by atoms with Crippen LogP contribution in [-0.2, 0) is 10.0 Å². The molecule has 0 bridgehead atoms. The summed E-state index contributed by atoms with van der Waals surface area (Å²) < 4.78 is 28.4. The largest absolute Gasteiger partial charge is 0.316 e. The van der Waals surface area contributed by atoms with Gasteiger partial charge in [0.05, 0.1) is 3.79 Å². The maximum absolute atomic E-state index is 12.8. The first-order chi connectivity index (χ1) is 9.41. The molecule has 1 aliphatic rings. The number of nitrogens with one attached hydrogen (secondary N) is 1. The van der Waals surface area contributed by atoms with Crippen LogP contribution in [0, 0.1) is 5.92 Å². The van der Waals surface area contributed by atoms with Crippen LogP contribution in [0.25, 0.3) is 0 Å². The molecule has 1 atom stereocenters. The van der Waals surface area contributed by atoms with Gasteiger partial charge in [0.1, 0.15) is 4.21 Å². The molecule has 1 fully saturated rings. The number of piperidine rings is 1. The molecule has 1 aromatic heterocycles. The molecule has 0 aliphatic carbocycles. The molecule has 7 heteroatoms. The standard InChI is InChI=1S/C13H21BrN2O2S2/c1-10(2)16(9-11-4-3-7-15-8-11)20(17,18)13-6-5-12(14)19-13/h5-6,10-11,15H,3-4,7-9H2,1-2H3. The smallest absolute Gasteiger partial charge is 0.252 e. The fourth-order valence-electron chi connectivity index (χ4n) is 2.47. The molecule has 4 nitrogen and oxygen atoms in total. The van der Waals surface area contributed by atoms with Gasteiger partial charge in [0.2, 0.25) is 0 Å². The van der Waals surface area contributed by atoms with Gasteiger partial charge in [-0.1, -0.05) is 0 Å². The number of hydrogen-bond acceptors (Lipinski definition) is 4. The fraction of sp³-hybridized carbons (Fsp3) is 0.692. The summed E-state index contributed by atoms with van der Waals surface area (Å²) in [4.78, 5) is 0. The number of hydrogen-bond donors (Lipinski definition) is 1. The second-order valence-corrected chi connectivity index (χ2v) is 10.0. The van der Waals surface area contributed by atoms with Gasteiger partial charge in [0.25, 0.3) is 10.0 Å². The molecular weight excluding hydrogens is 360 g/mol. The third-order valence-corrected chi connectivity index (χ3v) is 7.66. The van der Waals surface area contributed by atoms with E-state index in [0.717, 1.165) is 29.7 Å². The Bertz CT molecular complexity index is 536. The number of thiophene rings is 1. The van der Waals surface area contributed by atoms with Crippen molar-refractivity contribution in [1.82, 2.24) is 9.62 Å². The summed E-state index contributed by atoms with van der Waals surface area (Å²) in [5.41, 5.74) is 0. The van der Waals surface area contributed by atoms with Crippen molar-refractivity contribution in [1.29, 1.82) is 0 Å². The first-order valence-corrected chi connectivity index (χ1v) is 9.94. The molecule has 0 radical (unpaired) electrons. The minimum atomic E-state index is -3.38. The SMILES string of the molecule is CC(C)N(CC1CCCNC1)S(=O)(=O)c1ccc(Br)s1. The van der Waals surface area contributed by atoms with E-state index in [1.54, 1.807) is 16.4 Å². The number of sulfonamides is 1. The van der Waals surface area contributed by atoms with Gasteiger partial charge < -0.3 is 5.32 Å². The van der Waals surface area contributed by atoms with Crippen LogP contribution in [-0.4, -0.2) is 38.4 Å². The maximum Gasteiger partial charge on any atom is 0.252 e. The second kappa shape index (κ2) is 6.87. The molecule has 20 heavy (non-hydrogen) atoms. The fourth-order valence-corrected chi connectivity index (χ4v) is 6.32. The Balaban J connectivity index is 2.19. The molecule has 1 saturated heterocycles. The second-order valence-electron chi connectivity index (χ2n) is 5.44. The highest BCUT2D eigenvalue weighted by Gasteiger charge is 2.31. The van der Waals surface area contributed by atoms with Gasteiger partial charge in [0.15, 0.2) is 0 Å². The zero-order chi connectivity index (χ0) is 14.8. The highest BCUT2D eigenvalue weighted by molar-refractivity contribution is 9.11. The highest BCUT2D eigenvalue weighted by Crippen LogP contribution is 2.30. The average molecular weight is 381 g/mol. The van der Waals surface area contributed by atoms with Gasteiger partial charge in [-0.25, -0.2) is 8.42 Å². The van der Waals surface area contributed by atoms with Gasteiger partial charge >= 0.3 is 0 Å². The van der Waals surface area contributed by atoms with Crippen molar-refractivity contribution in [2.75, 3.05) is 19.6 Å². The van der Waals surface area contributed by atoms with Crippen LogP contribution in [0.3, 0.4) is 0 Å². The van der Waals surface area contributed by atoms with Crippen LogP contribution in [0.4, 0.5) is 0 Å². The number of nitrogens with zero attached hydrogens (tertiary/aromatic N) is 1. The topological polar surface area (TPSA) is 49.4 Å². The van der Waals surface area contributed by atoms with E-state index in [-0.39, 0.29) is 6.04 Å². The van der Waals surface area contributed by atoms with Crippen LogP contribution >= 0.6 is 27.3 Å². The van der Waals surface area contributed by atoms with Crippen LogP contribution < -0.4 is 5.32 Å². The van der Waals surface area contributed by atoms with Crippen LogP contribution in [0.2, 0.25) is 0 Å². The highest BCUT2D eigenvalue weighted by atomic mass is 79.9. The van der Waals surface area contributed by atoms with E-state index < -0.39 is 10.0 Å². The van der Waals surface area contributed by atoms with Crippen molar-refractivity contribution in [2.45, 2.75) is 36.9 Å². The Labute approximate surface area is 133 Å². The Morgan fingerprint density at radius 1 is 1.50 bits per heavy atom. The summed E-state index contributed by atoms with van der Waals surface area (Å²) in [5.74, 6) is 0.407. The Morgan fingerprint density at radius 2 is 2.25 bits per heavy atom. The van der Waals surface area contributed by atoms with E-state index in [1.165, 1.54) is 11.3 Å². The minimum absolute atomic E-state index is 0.0252. The molecule has 1 aromatic rings. The van der Waals surface area contributed by atoms with Crippen molar-refractivity contribution in [2.24, 2.45) is 5.92 Å². The molecule has 1 unspecified atom stereocenters. The van der Waals surface area contributed by atoms with E-state index >= 15 is 0 Å². The van der Waals surface area contributed by atoms with Crippen molar-refractivity contribution >= 4 is 37.3 Å². The molecule has 1 aliphatic heterocycles. The number of halogens is 1. The summed E-state index contributed by atoms with van der Waals surface area (Å²) in [5, 5.41) is 3.35. The summed E-state index contributed by atoms with van der Waals surface area (Å²) in [6, 6.07) is 3.44. The van der Waals surface area contributed by atoms with E-state index in [9.17, 15) is 8.42 Å². The maximum atomic E-state index is 12.8. The first-order valence-electron chi connectivity index (χ1n) is 6.89. The molecule has 0 saturated carbocycles. The molecule has 0 amide bonds. The molecule has 2 rings (SSSR count). The molecular formula is C13H21BrN2O2S2. The van der Waals surface area contributed by atoms with E-state index in [2.05, 4.69) is 21.2 Å². The molecule has 2 heterocycles. The van der Waals surface area contributed by atoms with Crippen molar-refractivity contribution in [3.63, 3.8) is 0 Å². The summed E-state index contributed by atoms with van der Waals surface area (Å²) >= 11 is 4.61. The number of rotatable bonds is 5. The van der Waals surface area contributed by atoms with Crippen LogP contribution in [0.15, 0.2) is 20.1 Å². The van der Waals surface area contributed by atoms with Gasteiger partial charge in [-0.15, -0.1) is 11.3 Å². The summed E-state index contributed by atoms with van der Waals surface area (Å²) in [7, 11) is -3.38.